The second kappa shape index (κ2) is 4.12. The highest BCUT2D eigenvalue weighted by Crippen LogP contribution is 1.99. The van der Waals surface area contributed by atoms with Crippen LogP contribution in [0.3, 0.4) is 0 Å². The first-order valence-electron chi connectivity index (χ1n) is 3.94. The van der Waals surface area contributed by atoms with Gasteiger partial charge in [-0.05, 0) is 0 Å². The molecule has 0 saturated carbocycles. The number of ether oxygens (including phenoxy) is 1. The van der Waals surface area contributed by atoms with E-state index in [1.54, 1.807) is 6.92 Å². The van der Waals surface area contributed by atoms with Gasteiger partial charge in [-0.1, -0.05) is 0 Å². The van der Waals surface area contributed by atoms with Crippen molar-refractivity contribution < 1.29 is 13.9 Å². The molecule has 0 amide bonds. The molecule has 0 spiro atoms. The number of carbonyl (C=O) groups is 1. The van der Waals surface area contributed by atoms with Gasteiger partial charge < -0.3 is 9.15 Å². The molecule has 68 valence electrons. The quantitative estimate of drug-likeness (QED) is 0.479. The molecule has 4 nitrogen and oxygen atoms in total. The molecule has 0 bridgehead atoms. The van der Waals surface area contributed by atoms with Crippen molar-refractivity contribution in [3.63, 3.8) is 0 Å². The van der Waals surface area contributed by atoms with Crippen molar-refractivity contribution in [3.05, 3.63) is 11.7 Å². The van der Waals surface area contributed by atoms with Gasteiger partial charge in [-0.3, -0.25) is 4.79 Å². The van der Waals surface area contributed by atoms with Crippen molar-refractivity contribution >= 4 is 19.4 Å². The van der Waals surface area contributed by atoms with Gasteiger partial charge in [-0.25, -0.2) is 4.98 Å². The van der Waals surface area contributed by atoms with E-state index in [0.717, 1.165) is 0 Å². The molecule has 1 rings (SSSR count). The number of nitrogens with zero attached hydrogens (tertiary/aromatic N) is 1. The van der Waals surface area contributed by atoms with E-state index in [0.29, 0.717) is 23.7 Å². The smallest absolute Gasteiger partial charge is 0.302 e. The topological polar surface area (TPSA) is 52.3 Å². The Morgan fingerprint density at radius 2 is 2.38 bits per heavy atom. The fraction of sp³-hybridized carbons (Fsp3) is 0.500. The van der Waals surface area contributed by atoms with E-state index in [9.17, 15) is 4.79 Å². The molecule has 1 aromatic rings. The summed E-state index contributed by atoms with van der Waals surface area (Å²) in [5, 5.41) is 0. The third-order valence-corrected chi connectivity index (χ3v) is 1.47. The number of hydrogen-bond donors (Lipinski definition) is 0. The molecule has 0 aliphatic rings. The van der Waals surface area contributed by atoms with E-state index in [1.165, 1.54) is 6.92 Å². The maximum atomic E-state index is 10.4. The van der Waals surface area contributed by atoms with Crippen molar-refractivity contribution in [1.82, 2.24) is 4.98 Å². The Morgan fingerprint density at radius 3 is 2.85 bits per heavy atom. The average molecular weight is 179 g/mol. The fourth-order valence-corrected chi connectivity index (χ4v) is 0.952. The molecule has 0 atom stereocenters. The van der Waals surface area contributed by atoms with E-state index in [2.05, 4.69) is 4.98 Å². The number of aryl methyl sites for hydroxylation is 1. The summed E-state index contributed by atoms with van der Waals surface area (Å²) in [7, 11) is 5.51. The van der Waals surface area contributed by atoms with Crippen LogP contribution in [0, 0.1) is 6.92 Å². The molecule has 1 aromatic heterocycles. The number of esters is 1. The number of oxazole rings is 1. The van der Waals surface area contributed by atoms with E-state index in [4.69, 9.17) is 17.0 Å². The number of rotatable bonds is 3. The number of carbonyl (C=O) groups excluding carboxylic acids is 1. The first-order chi connectivity index (χ1) is 6.09. The van der Waals surface area contributed by atoms with Crippen LogP contribution in [0.2, 0.25) is 0 Å². The molecule has 13 heavy (non-hydrogen) atoms. The molecule has 2 radical (unpaired) electrons. The van der Waals surface area contributed by atoms with Crippen molar-refractivity contribution in [2.75, 3.05) is 6.61 Å². The van der Waals surface area contributed by atoms with Gasteiger partial charge in [0.2, 0.25) is 0 Å². The Labute approximate surface area is 77.7 Å². The van der Waals surface area contributed by atoms with Crippen LogP contribution in [-0.2, 0) is 16.0 Å². The summed E-state index contributed by atoms with van der Waals surface area (Å²) in [6, 6.07) is 0. The normalized spacial score (nSPS) is 10.0. The lowest BCUT2D eigenvalue weighted by molar-refractivity contribution is -0.140. The van der Waals surface area contributed by atoms with Gasteiger partial charge in [-0.2, -0.15) is 0 Å². The Morgan fingerprint density at radius 1 is 1.69 bits per heavy atom. The molecule has 0 aliphatic carbocycles. The summed E-state index contributed by atoms with van der Waals surface area (Å²) >= 11 is 0. The maximum absolute atomic E-state index is 10.4. The van der Waals surface area contributed by atoms with Crippen molar-refractivity contribution in [3.8, 4) is 0 Å². The van der Waals surface area contributed by atoms with Crippen molar-refractivity contribution in [2.45, 2.75) is 20.3 Å². The highest BCUT2D eigenvalue weighted by atomic mass is 16.5. The largest absolute Gasteiger partial charge is 0.465 e. The maximum Gasteiger partial charge on any atom is 0.302 e. The zero-order chi connectivity index (χ0) is 9.84. The molecule has 0 aromatic carbocycles. The van der Waals surface area contributed by atoms with Gasteiger partial charge in [0.15, 0.2) is 5.89 Å². The second-order valence-corrected chi connectivity index (χ2v) is 2.63. The van der Waals surface area contributed by atoms with Crippen LogP contribution >= 0.6 is 0 Å². The molecule has 0 fully saturated rings. The first kappa shape index (κ1) is 9.83. The minimum absolute atomic E-state index is 0.272. The average Bonchev–Trinajstić information content (AvgIpc) is 2.29. The second-order valence-electron chi connectivity index (χ2n) is 2.63. The predicted octanol–water partition coefficient (Wildman–Crippen LogP) is -0.118. The Hall–Kier alpha value is -1.26. The minimum Gasteiger partial charge on any atom is -0.465 e. The van der Waals surface area contributed by atoms with Crippen molar-refractivity contribution in [1.29, 1.82) is 0 Å². The molecular weight excluding hydrogens is 169 g/mol. The zero-order valence-corrected chi connectivity index (χ0v) is 7.66. The summed E-state index contributed by atoms with van der Waals surface area (Å²) < 4.78 is 9.90. The van der Waals surface area contributed by atoms with Crippen LogP contribution in [0.1, 0.15) is 18.6 Å². The summed E-state index contributed by atoms with van der Waals surface area (Å²) in [5.74, 6) is 0.781. The lowest BCUT2D eigenvalue weighted by Gasteiger charge is -1.99. The molecule has 1 heterocycles. The Bertz CT molecular complexity index is 308. The van der Waals surface area contributed by atoms with Gasteiger partial charge >= 0.3 is 5.97 Å². The van der Waals surface area contributed by atoms with Crippen LogP contribution in [0.25, 0.3) is 0 Å². The third kappa shape index (κ3) is 2.93. The van der Waals surface area contributed by atoms with E-state index in [1.807, 2.05) is 0 Å². The van der Waals surface area contributed by atoms with Crippen LogP contribution < -0.4 is 5.59 Å². The van der Waals surface area contributed by atoms with Gasteiger partial charge in [0, 0.05) is 25.9 Å². The lowest BCUT2D eigenvalue weighted by Crippen LogP contribution is -2.12. The highest BCUT2D eigenvalue weighted by Gasteiger charge is 2.05. The van der Waals surface area contributed by atoms with Gasteiger partial charge in [-0.15, -0.1) is 0 Å². The van der Waals surface area contributed by atoms with Gasteiger partial charge in [0.05, 0.1) is 6.61 Å². The minimum atomic E-state index is -0.310. The standard InChI is InChI=1S/C8H10BNO3/c1-5-10-8(9)7(13-5)3-4-12-6(2)11/h3-4H2,1-2H3. The summed E-state index contributed by atoms with van der Waals surface area (Å²) in [6.45, 7) is 3.34. The van der Waals surface area contributed by atoms with E-state index >= 15 is 0 Å². The third-order valence-electron chi connectivity index (χ3n) is 1.47. The SMILES string of the molecule is [B]c1nc(C)oc1CCOC(C)=O. The van der Waals surface area contributed by atoms with Crippen LogP contribution in [-0.4, -0.2) is 25.4 Å². The molecule has 0 unspecified atom stereocenters. The van der Waals surface area contributed by atoms with Crippen LogP contribution in [0.4, 0.5) is 0 Å². The molecule has 0 N–H and O–H groups in total. The van der Waals surface area contributed by atoms with E-state index in [-0.39, 0.29) is 12.6 Å². The monoisotopic (exact) mass is 179 g/mol. The molecular formula is C8H10BNO3. The van der Waals surface area contributed by atoms with Crippen LogP contribution in [0.5, 0.6) is 0 Å². The zero-order valence-electron chi connectivity index (χ0n) is 7.66. The van der Waals surface area contributed by atoms with Gasteiger partial charge in [0.1, 0.15) is 13.6 Å². The Balaban J connectivity index is 2.45. The molecule has 5 heteroatoms. The lowest BCUT2D eigenvalue weighted by atomic mass is 10.0. The summed E-state index contributed by atoms with van der Waals surface area (Å²) in [5.41, 5.74) is 0.365. The highest BCUT2D eigenvalue weighted by molar-refractivity contribution is 6.31. The molecule has 0 aliphatic heterocycles. The summed E-state index contributed by atoms with van der Waals surface area (Å²) in [4.78, 5) is 14.3. The first-order valence-corrected chi connectivity index (χ1v) is 3.94. The fourth-order valence-electron chi connectivity index (χ4n) is 0.952. The van der Waals surface area contributed by atoms with Crippen molar-refractivity contribution in [2.24, 2.45) is 0 Å². The van der Waals surface area contributed by atoms with Crippen LogP contribution in [0.15, 0.2) is 4.42 Å². The Kier molecular flexibility index (Phi) is 3.11. The number of hydrogen-bond acceptors (Lipinski definition) is 4. The predicted molar refractivity (Wildman–Crippen MR) is 47.0 cm³/mol. The molecule has 0 saturated heterocycles. The van der Waals surface area contributed by atoms with E-state index < -0.39 is 0 Å². The number of aromatic nitrogens is 1. The van der Waals surface area contributed by atoms with Gasteiger partial charge in [0.25, 0.3) is 0 Å². The summed E-state index contributed by atoms with van der Waals surface area (Å²) in [6.07, 6.45) is 0.465.